The van der Waals surface area contributed by atoms with E-state index in [-0.39, 0.29) is 5.91 Å². The van der Waals surface area contributed by atoms with E-state index in [2.05, 4.69) is 37.2 Å². The predicted octanol–water partition coefficient (Wildman–Crippen LogP) is 7.14. The monoisotopic (exact) mass is 512 g/mol. The molecule has 0 atom stereocenters. The molecule has 0 radical (unpaired) electrons. The number of benzene rings is 3. The lowest BCUT2D eigenvalue weighted by Gasteiger charge is -2.11. The molecule has 0 saturated heterocycles. The summed E-state index contributed by atoms with van der Waals surface area (Å²) in [7, 11) is 0. The van der Waals surface area contributed by atoms with E-state index >= 15 is 0 Å². The molecular formula is C22H14Br2N2OS. The van der Waals surface area contributed by atoms with Crippen LogP contribution in [0.2, 0.25) is 0 Å². The Morgan fingerprint density at radius 2 is 1.75 bits per heavy atom. The second-order valence-corrected chi connectivity index (χ2v) is 8.83. The third-order valence-corrected chi connectivity index (χ3v) is 6.21. The van der Waals surface area contributed by atoms with Crippen LogP contribution in [0.3, 0.4) is 0 Å². The number of nitrogens with one attached hydrogen (secondary N) is 1. The van der Waals surface area contributed by atoms with Crippen molar-refractivity contribution >= 4 is 71.1 Å². The SMILES string of the molecule is O=C(/C=C/c1ccccc1)Nc1c(Br)cc(Br)cc1-c1nc2ccccc2s1. The molecule has 3 nitrogen and oxygen atoms in total. The van der Waals surface area contributed by atoms with Gasteiger partial charge in [0.25, 0.3) is 0 Å². The smallest absolute Gasteiger partial charge is 0.248 e. The molecule has 28 heavy (non-hydrogen) atoms. The van der Waals surface area contributed by atoms with Crippen LogP contribution in [0.1, 0.15) is 5.56 Å². The normalized spacial score (nSPS) is 11.2. The molecule has 138 valence electrons. The van der Waals surface area contributed by atoms with Crippen molar-refractivity contribution in [2.75, 3.05) is 5.32 Å². The molecule has 3 aromatic carbocycles. The van der Waals surface area contributed by atoms with Gasteiger partial charge >= 0.3 is 0 Å². The summed E-state index contributed by atoms with van der Waals surface area (Å²) in [6.07, 6.45) is 3.32. The molecule has 0 spiro atoms. The van der Waals surface area contributed by atoms with Crippen LogP contribution in [0.4, 0.5) is 5.69 Å². The number of hydrogen-bond donors (Lipinski definition) is 1. The molecule has 1 heterocycles. The van der Waals surface area contributed by atoms with E-state index in [1.807, 2.05) is 66.7 Å². The highest BCUT2D eigenvalue weighted by atomic mass is 79.9. The van der Waals surface area contributed by atoms with E-state index in [1.54, 1.807) is 17.4 Å². The highest BCUT2D eigenvalue weighted by molar-refractivity contribution is 9.11. The fraction of sp³-hybridized carbons (Fsp3) is 0. The summed E-state index contributed by atoms with van der Waals surface area (Å²) < 4.78 is 2.80. The van der Waals surface area contributed by atoms with Gasteiger partial charge in [-0.25, -0.2) is 4.98 Å². The number of thiazole rings is 1. The minimum Gasteiger partial charge on any atom is -0.321 e. The molecule has 0 unspecified atom stereocenters. The van der Waals surface area contributed by atoms with Crippen molar-refractivity contribution in [2.45, 2.75) is 0 Å². The lowest BCUT2D eigenvalue weighted by molar-refractivity contribution is -0.111. The van der Waals surface area contributed by atoms with Crippen LogP contribution in [-0.4, -0.2) is 10.9 Å². The van der Waals surface area contributed by atoms with Crippen LogP contribution in [-0.2, 0) is 4.79 Å². The fourth-order valence-electron chi connectivity index (χ4n) is 2.76. The molecule has 0 aliphatic rings. The molecule has 0 fully saturated rings. The highest BCUT2D eigenvalue weighted by Crippen LogP contribution is 2.40. The zero-order valence-corrected chi connectivity index (χ0v) is 18.5. The van der Waals surface area contributed by atoms with Gasteiger partial charge < -0.3 is 5.32 Å². The lowest BCUT2D eigenvalue weighted by atomic mass is 10.1. The van der Waals surface area contributed by atoms with Crippen molar-refractivity contribution in [3.05, 3.63) is 87.3 Å². The first-order chi connectivity index (χ1) is 13.6. The second kappa shape index (κ2) is 8.39. The van der Waals surface area contributed by atoms with Gasteiger partial charge in [0, 0.05) is 20.6 Å². The number of carbonyl (C=O) groups excluding carboxylic acids is 1. The van der Waals surface area contributed by atoms with E-state index in [4.69, 9.17) is 4.98 Å². The molecule has 0 saturated carbocycles. The van der Waals surface area contributed by atoms with Crippen LogP contribution >= 0.6 is 43.2 Å². The van der Waals surface area contributed by atoms with Gasteiger partial charge in [0.1, 0.15) is 5.01 Å². The Balaban J connectivity index is 1.68. The highest BCUT2D eigenvalue weighted by Gasteiger charge is 2.16. The molecule has 0 bridgehead atoms. The number of para-hydroxylation sites is 1. The molecule has 6 heteroatoms. The molecular weight excluding hydrogens is 500 g/mol. The van der Waals surface area contributed by atoms with Crippen LogP contribution < -0.4 is 5.32 Å². The van der Waals surface area contributed by atoms with Gasteiger partial charge in [-0.2, -0.15) is 0 Å². The number of amides is 1. The molecule has 4 rings (SSSR count). The van der Waals surface area contributed by atoms with Crippen LogP contribution in [0, 0.1) is 0 Å². The third-order valence-electron chi connectivity index (χ3n) is 4.05. The van der Waals surface area contributed by atoms with Crippen molar-refractivity contribution in [2.24, 2.45) is 0 Å². The minimum atomic E-state index is -0.200. The number of halogens is 2. The Labute approximate surface area is 183 Å². The first-order valence-corrected chi connectivity index (χ1v) is 10.9. The van der Waals surface area contributed by atoms with Gasteiger partial charge in [0.15, 0.2) is 0 Å². The average molecular weight is 514 g/mol. The van der Waals surface area contributed by atoms with Crippen molar-refractivity contribution < 1.29 is 4.79 Å². The van der Waals surface area contributed by atoms with Crippen molar-refractivity contribution in [1.29, 1.82) is 0 Å². The van der Waals surface area contributed by atoms with Gasteiger partial charge in [-0.15, -0.1) is 11.3 Å². The van der Waals surface area contributed by atoms with Crippen LogP contribution in [0.5, 0.6) is 0 Å². The van der Waals surface area contributed by atoms with Crippen LogP contribution in [0.15, 0.2) is 81.8 Å². The predicted molar refractivity (Wildman–Crippen MR) is 125 cm³/mol. The quantitative estimate of drug-likeness (QED) is 0.294. The zero-order valence-electron chi connectivity index (χ0n) is 14.5. The number of aromatic nitrogens is 1. The van der Waals surface area contributed by atoms with Crippen LogP contribution in [0.25, 0.3) is 26.9 Å². The van der Waals surface area contributed by atoms with Gasteiger partial charge in [-0.05, 0) is 51.8 Å². The third kappa shape index (κ3) is 4.24. The Morgan fingerprint density at radius 1 is 1.00 bits per heavy atom. The van der Waals surface area contributed by atoms with E-state index in [0.29, 0.717) is 5.69 Å². The van der Waals surface area contributed by atoms with E-state index in [0.717, 1.165) is 35.3 Å². The molecule has 1 amide bonds. The van der Waals surface area contributed by atoms with Crippen molar-refractivity contribution in [1.82, 2.24) is 4.98 Å². The van der Waals surface area contributed by atoms with Gasteiger partial charge in [-0.1, -0.05) is 58.4 Å². The summed E-state index contributed by atoms with van der Waals surface area (Å²) in [5, 5.41) is 3.84. The van der Waals surface area contributed by atoms with Gasteiger partial charge in [0.2, 0.25) is 5.91 Å². The Hall–Kier alpha value is -2.28. The molecule has 1 N–H and O–H groups in total. The minimum absolute atomic E-state index is 0.200. The van der Waals surface area contributed by atoms with Gasteiger partial charge in [-0.3, -0.25) is 4.79 Å². The summed E-state index contributed by atoms with van der Waals surface area (Å²) in [6, 6.07) is 21.6. The lowest BCUT2D eigenvalue weighted by Crippen LogP contribution is -2.09. The second-order valence-electron chi connectivity index (χ2n) is 6.03. The summed E-state index contributed by atoms with van der Waals surface area (Å²) in [5.41, 5.74) is 3.48. The first-order valence-electron chi connectivity index (χ1n) is 8.49. The number of anilines is 1. The number of nitrogens with zero attached hydrogens (tertiary/aromatic N) is 1. The molecule has 0 aliphatic heterocycles. The Kier molecular flexibility index (Phi) is 5.71. The summed E-state index contributed by atoms with van der Waals surface area (Å²) in [5.74, 6) is -0.200. The topological polar surface area (TPSA) is 42.0 Å². The van der Waals surface area contributed by atoms with E-state index in [9.17, 15) is 4.79 Å². The number of hydrogen-bond acceptors (Lipinski definition) is 3. The maximum Gasteiger partial charge on any atom is 0.248 e. The van der Waals surface area contributed by atoms with E-state index in [1.165, 1.54) is 6.08 Å². The zero-order chi connectivity index (χ0) is 19.5. The maximum atomic E-state index is 12.5. The summed E-state index contributed by atoms with van der Waals surface area (Å²) in [4.78, 5) is 17.3. The van der Waals surface area contributed by atoms with Crippen molar-refractivity contribution in [3.63, 3.8) is 0 Å². The van der Waals surface area contributed by atoms with Crippen molar-refractivity contribution in [3.8, 4) is 10.6 Å². The number of fused-ring (bicyclic) bond motifs is 1. The molecule has 4 aromatic rings. The molecule has 0 aliphatic carbocycles. The largest absolute Gasteiger partial charge is 0.321 e. The Bertz CT molecular complexity index is 1150. The maximum absolute atomic E-state index is 12.5. The van der Waals surface area contributed by atoms with Gasteiger partial charge in [0.05, 0.1) is 15.9 Å². The number of rotatable bonds is 4. The standard InChI is InChI=1S/C22H14Br2N2OS/c23-15-12-16(22-25-18-8-4-5-9-19(18)28-22)21(17(24)13-15)26-20(27)11-10-14-6-2-1-3-7-14/h1-13H,(H,26,27)/b11-10+. The summed E-state index contributed by atoms with van der Waals surface area (Å²) in [6.45, 7) is 0. The average Bonchev–Trinajstić information content (AvgIpc) is 3.13. The van der Waals surface area contributed by atoms with E-state index < -0.39 is 0 Å². The summed E-state index contributed by atoms with van der Waals surface area (Å²) >= 11 is 8.70. The first kappa shape index (κ1) is 19.1. The Morgan fingerprint density at radius 3 is 2.54 bits per heavy atom. The number of carbonyl (C=O) groups is 1. The fourth-order valence-corrected chi connectivity index (χ4v) is 5.07. The molecule has 1 aromatic heterocycles.